The predicted molar refractivity (Wildman–Crippen MR) is 114 cm³/mol. The smallest absolute Gasteiger partial charge is 0.167 e. The average Bonchev–Trinajstić information content (AvgIpc) is 3.43. The molecular weight excluding hydrogens is 382 g/mol. The number of rotatable bonds is 4. The number of aromatic nitrogens is 5. The molecule has 160 valence electrons. The Hall–Kier alpha value is -2.49. The SMILES string of the molecule is C[C@@H]1COCCN1c1cc(C2(C(N)O)CCCCC2)c2cnn(-c3ccn[nH]3)c2n1. The second-order valence-corrected chi connectivity index (χ2v) is 8.54. The first-order valence-electron chi connectivity index (χ1n) is 10.8. The Kier molecular flexibility index (Phi) is 4.96. The molecule has 2 aliphatic rings. The fourth-order valence-electron chi connectivity index (χ4n) is 5.06. The lowest BCUT2D eigenvalue weighted by Crippen LogP contribution is -2.47. The van der Waals surface area contributed by atoms with Gasteiger partial charge in [-0.15, -0.1) is 0 Å². The Morgan fingerprint density at radius 1 is 1.33 bits per heavy atom. The molecule has 1 saturated carbocycles. The van der Waals surface area contributed by atoms with E-state index in [1.54, 1.807) is 10.9 Å². The molecule has 0 bridgehead atoms. The summed E-state index contributed by atoms with van der Waals surface area (Å²) in [5.41, 5.74) is 7.54. The maximum atomic E-state index is 10.8. The topological polar surface area (TPSA) is 118 Å². The molecule has 9 nitrogen and oxygen atoms in total. The number of aliphatic hydroxyl groups is 1. The van der Waals surface area contributed by atoms with Crippen LogP contribution in [0.1, 0.15) is 44.6 Å². The number of nitrogens with one attached hydrogen (secondary N) is 1. The summed E-state index contributed by atoms with van der Waals surface area (Å²) in [6.07, 6.45) is 7.59. The van der Waals surface area contributed by atoms with Crippen LogP contribution in [0, 0.1) is 0 Å². The number of aromatic amines is 1. The van der Waals surface area contributed by atoms with E-state index >= 15 is 0 Å². The minimum Gasteiger partial charge on any atom is -0.378 e. The van der Waals surface area contributed by atoms with Gasteiger partial charge >= 0.3 is 0 Å². The van der Waals surface area contributed by atoms with E-state index in [1.807, 2.05) is 12.3 Å². The van der Waals surface area contributed by atoms with Gasteiger partial charge in [-0.3, -0.25) is 5.10 Å². The minimum atomic E-state index is -0.936. The standard InChI is InChI=1S/C21H29N7O2/c1-14-13-30-10-9-27(14)18-11-16(21(20(22)29)6-3-2-4-7-21)15-12-24-28(19(15)25-18)17-5-8-23-26-17/h5,8,11-12,14,20,29H,2-4,6-7,9-10,13,22H2,1H3,(H,23,26)/t14-,20?/m1/s1. The number of fused-ring (bicyclic) bond motifs is 1. The molecule has 3 aromatic heterocycles. The van der Waals surface area contributed by atoms with E-state index in [9.17, 15) is 5.11 Å². The number of hydrogen-bond donors (Lipinski definition) is 3. The quantitative estimate of drug-likeness (QED) is 0.561. The number of morpholine rings is 1. The van der Waals surface area contributed by atoms with Gasteiger partial charge in [-0.1, -0.05) is 19.3 Å². The number of nitrogens with two attached hydrogens (primary N) is 1. The summed E-state index contributed by atoms with van der Waals surface area (Å²) >= 11 is 0. The summed E-state index contributed by atoms with van der Waals surface area (Å²) in [6.45, 7) is 4.25. The predicted octanol–water partition coefficient (Wildman–Crippen LogP) is 1.85. The molecule has 2 atom stereocenters. The van der Waals surface area contributed by atoms with Gasteiger partial charge in [-0.25, -0.2) is 4.98 Å². The van der Waals surface area contributed by atoms with Crippen LogP contribution in [0.5, 0.6) is 0 Å². The van der Waals surface area contributed by atoms with E-state index < -0.39 is 11.6 Å². The Labute approximate surface area is 175 Å². The highest BCUT2D eigenvalue weighted by atomic mass is 16.5. The Morgan fingerprint density at radius 3 is 2.87 bits per heavy atom. The van der Waals surface area contributed by atoms with Crippen molar-refractivity contribution < 1.29 is 9.84 Å². The van der Waals surface area contributed by atoms with E-state index in [4.69, 9.17) is 15.5 Å². The zero-order valence-corrected chi connectivity index (χ0v) is 17.3. The Balaban J connectivity index is 1.74. The monoisotopic (exact) mass is 411 g/mol. The summed E-state index contributed by atoms with van der Waals surface area (Å²) < 4.78 is 7.41. The second kappa shape index (κ2) is 7.64. The third kappa shape index (κ3) is 3.08. The zero-order chi connectivity index (χ0) is 20.7. The van der Waals surface area contributed by atoms with Crippen LogP contribution in [0.25, 0.3) is 16.9 Å². The van der Waals surface area contributed by atoms with Crippen LogP contribution in [0.2, 0.25) is 0 Å². The van der Waals surface area contributed by atoms with Crippen molar-refractivity contribution in [3.8, 4) is 5.82 Å². The van der Waals surface area contributed by atoms with Gasteiger partial charge in [0.25, 0.3) is 0 Å². The number of nitrogens with zero attached hydrogens (tertiary/aromatic N) is 5. The molecular formula is C21H29N7O2. The number of H-pyrrole nitrogens is 1. The molecule has 2 fully saturated rings. The van der Waals surface area contributed by atoms with Crippen LogP contribution < -0.4 is 10.6 Å². The summed E-state index contributed by atoms with van der Waals surface area (Å²) in [4.78, 5) is 7.29. The van der Waals surface area contributed by atoms with E-state index in [1.165, 1.54) is 6.42 Å². The molecule has 1 aliphatic carbocycles. The lowest BCUT2D eigenvalue weighted by molar-refractivity contribution is 0.0597. The number of hydrogen-bond acceptors (Lipinski definition) is 7. The van der Waals surface area contributed by atoms with Crippen molar-refractivity contribution in [1.29, 1.82) is 0 Å². The van der Waals surface area contributed by atoms with Crippen LogP contribution in [0.3, 0.4) is 0 Å². The van der Waals surface area contributed by atoms with E-state index in [2.05, 4.69) is 33.2 Å². The van der Waals surface area contributed by atoms with Crippen LogP contribution in [-0.2, 0) is 10.2 Å². The average molecular weight is 412 g/mol. The molecule has 0 amide bonds. The summed E-state index contributed by atoms with van der Waals surface area (Å²) in [5.74, 6) is 1.63. The van der Waals surface area contributed by atoms with Crippen molar-refractivity contribution in [2.45, 2.75) is 56.7 Å². The fourth-order valence-corrected chi connectivity index (χ4v) is 5.06. The highest BCUT2D eigenvalue weighted by molar-refractivity contribution is 5.83. The Bertz CT molecular complexity index is 1010. The molecule has 0 aromatic carbocycles. The molecule has 9 heteroatoms. The number of aliphatic hydroxyl groups excluding tert-OH is 1. The molecule has 5 rings (SSSR count). The summed E-state index contributed by atoms with van der Waals surface area (Å²) in [6, 6.07) is 4.21. The molecule has 0 spiro atoms. The van der Waals surface area contributed by atoms with Crippen LogP contribution in [-0.4, -0.2) is 62.1 Å². The third-order valence-corrected chi connectivity index (χ3v) is 6.75. The zero-order valence-electron chi connectivity index (χ0n) is 17.3. The van der Waals surface area contributed by atoms with Crippen molar-refractivity contribution in [2.75, 3.05) is 24.7 Å². The lowest BCUT2D eigenvalue weighted by atomic mass is 9.67. The van der Waals surface area contributed by atoms with Crippen molar-refractivity contribution in [2.24, 2.45) is 5.73 Å². The largest absolute Gasteiger partial charge is 0.378 e. The number of anilines is 1. The first-order chi connectivity index (χ1) is 14.6. The molecule has 1 saturated heterocycles. The van der Waals surface area contributed by atoms with Crippen molar-refractivity contribution in [3.63, 3.8) is 0 Å². The molecule has 3 aromatic rings. The third-order valence-electron chi connectivity index (χ3n) is 6.75. The summed E-state index contributed by atoms with van der Waals surface area (Å²) in [5, 5.41) is 23.3. The van der Waals surface area contributed by atoms with Crippen molar-refractivity contribution >= 4 is 16.9 Å². The van der Waals surface area contributed by atoms with Gasteiger partial charge in [-0.2, -0.15) is 14.9 Å². The molecule has 0 radical (unpaired) electrons. The molecule has 4 heterocycles. The van der Waals surface area contributed by atoms with Gasteiger partial charge in [0.1, 0.15) is 12.0 Å². The number of pyridine rings is 1. The van der Waals surface area contributed by atoms with Gasteiger partial charge in [0.2, 0.25) is 0 Å². The minimum absolute atomic E-state index is 0.213. The van der Waals surface area contributed by atoms with E-state index in [-0.39, 0.29) is 6.04 Å². The van der Waals surface area contributed by atoms with Crippen LogP contribution in [0.15, 0.2) is 24.5 Å². The molecule has 4 N–H and O–H groups in total. The number of ether oxygens (including phenoxy) is 1. The highest BCUT2D eigenvalue weighted by Crippen LogP contribution is 2.44. The maximum Gasteiger partial charge on any atom is 0.167 e. The van der Waals surface area contributed by atoms with Gasteiger partial charge < -0.3 is 20.5 Å². The summed E-state index contributed by atoms with van der Waals surface area (Å²) in [7, 11) is 0. The maximum absolute atomic E-state index is 10.8. The van der Waals surface area contributed by atoms with Crippen molar-refractivity contribution in [1.82, 2.24) is 25.0 Å². The first-order valence-corrected chi connectivity index (χ1v) is 10.8. The lowest BCUT2D eigenvalue weighted by Gasteiger charge is -2.41. The highest BCUT2D eigenvalue weighted by Gasteiger charge is 2.41. The van der Waals surface area contributed by atoms with Gasteiger partial charge in [0, 0.05) is 23.4 Å². The van der Waals surface area contributed by atoms with E-state index in [0.29, 0.717) is 13.2 Å². The first kappa shape index (κ1) is 19.5. The van der Waals surface area contributed by atoms with Crippen molar-refractivity contribution in [3.05, 3.63) is 30.1 Å². The van der Waals surface area contributed by atoms with Crippen LogP contribution >= 0.6 is 0 Å². The van der Waals surface area contributed by atoms with E-state index in [0.717, 1.165) is 60.5 Å². The second-order valence-electron chi connectivity index (χ2n) is 8.54. The van der Waals surface area contributed by atoms with Gasteiger partial charge in [0.15, 0.2) is 11.5 Å². The van der Waals surface area contributed by atoms with Crippen LogP contribution in [0.4, 0.5) is 5.82 Å². The Morgan fingerprint density at radius 2 is 2.17 bits per heavy atom. The van der Waals surface area contributed by atoms with Gasteiger partial charge in [0.05, 0.1) is 31.6 Å². The normalized spacial score (nSPS) is 23.0. The molecule has 1 unspecified atom stereocenters. The molecule has 1 aliphatic heterocycles. The molecule has 30 heavy (non-hydrogen) atoms. The fraction of sp³-hybridized carbons (Fsp3) is 0.571. The van der Waals surface area contributed by atoms with Gasteiger partial charge in [-0.05, 0) is 31.4 Å².